The Hall–Kier alpha value is -3.13. The summed E-state index contributed by atoms with van der Waals surface area (Å²) in [7, 11) is 3.56. The molecule has 1 unspecified atom stereocenters. The van der Waals surface area contributed by atoms with E-state index in [9.17, 15) is 9.59 Å². The van der Waals surface area contributed by atoms with Crippen LogP contribution in [-0.2, 0) is 31.2 Å². The van der Waals surface area contributed by atoms with E-state index in [4.69, 9.17) is 11.6 Å². The lowest BCUT2D eigenvalue weighted by molar-refractivity contribution is -0.123. The Morgan fingerprint density at radius 3 is 2.65 bits per heavy atom. The highest BCUT2D eigenvalue weighted by Gasteiger charge is 2.40. The zero-order valence-electron chi connectivity index (χ0n) is 17.5. The van der Waals surface area contributed by atoms with Crippen LogP contribution in [0, 0.1) is 0 Å². The Balaban J connectivity index is 1.41. The number of carbonyl (C=O) groups excluding carboxylic acids is 2. The van der Waals surface area contributed by atoms with Gasteiger partial charge in [0.1, 0.15) is 11.2 Å². The van der Waals surface area contributed by atoms with Crippen molar-refractivity contribution in [3.63, 3.8) is 0 Å². The number of likely N-dealkylation sites (N-methyl/N-ethyl adjacent to an activating group) is 1. The van der Waals surface area contributed by atoms with Crippen molar-refractivity contribution >= 4 is 29.2 Å². The fraction of sp³-hybridized carbons (Fsp3) is 0.364. The van der Waals surface area contributed by atoms with Gasteiger partial charge in [0, 0.05) is 38.0 Å². The van der Waals surface area contributed by atoms with Crippen LogP contribution in [0.15, 0.2) is 36.5 Å². The zero-order valence-corrected chi connectivity index (χ0v) is 18.2. The van der Waals surface area contributed by atoms with Gasteiger partial charge in [-0.15, -0.1) is 0 Å². The van der Waals surface area contributed by atoms with Crippen LogP contribution in [0.4, 0.5) is 5.82 Å². The number of amides is 2. The van der Waals surface area contributed by atoms with Crippen molar-refractivity contribution in [3.05, 3.63) is 64.1 Å². The summed E-state index contributed by atoms with van der Waals surface area (Å²) in [6.07, 6.45) is 3.75. The predicted octanol–water partition coefficient (Wildman–Crippen LogP) is 2.29. The molecular formula is C22H23ClN6O2. The highest BCUT2D eigenvalue weighted by Crippen LogP contribution is 2.31. The normalized spacial score (nSPS) is 18.7. The summed E-state index contributed by atoms with van der Waals surface area (Å²) >= 11 is 6.57. The number of rotatable bonds is 3. The predicted molar refractivity (Wildman–Crippen MR) is 116 cm³/mol. The van der Waals surface area contributed by atoms with Gasteiger partial charge in [0.25, 0.3) is 11.8 Å². The summed E-state index contributed by atoms with van der Waals surface area (Å²) in [5.41, 5.74) is 3.18. The number of hydrogen-bond acceptors (Lipinski definition) is 4. The molecule has 4 heterocycles. The number of anilines is 1. The molecule has 2 amide bonds. The van der Waals surface area contributed by atoms with Crippen molar-refractivity contribution in [1.82, 2.24) is 24.5 Å². The van der Waals surface area contributed by atoms with Crippen LogP contribution < -0.4 is 4.90 Å². The first-order valence-corrected chi connectivity index (χ1v) is 10.7. The summed E-state index contributed by atoms with van der Waals surface area (Å²) in [6.45, 7) is 0.935. The molecule has 0 bridgehead atoms. The topological polar surface area (TPSA) is 76.3 Å². The highest BCUT2D eigenvalue weighted by molar-refractivity contribution is 6.31. The zero-order chi connectivity index (χ0) is 21.7. The molecule has 160 valence electrons. The number of fused-ring (bicyclic) bond motifs is 2. The third-order valence-electron chi connectivity index (χ3n) is 6.10. The van der Waals surface area contributed by atoms with Crippen molar-refractivity contribution in [2.24, 2.45) is 7.05 Å². The summed E-state index contributed by atoms with van der Waals surface area (Å²) in [5, 5.41) is 9.44. The van der Waals surface area contributed by atoms with E-state index in [-0.39, 0.29) is 11.8 Å². The second-order valence-corrected chi connectivity index (χ2v) is 8.47. The summed E-state index contributed by atoms with van der Waals surface area (Å²) in [4.78, 5) is 29.8. The van der Waals surface area contributed by atoms with Gasteiger partial charge in [-0.05, 0) is 24.8 Å². The maximum Gasteiger partial charge on any atom is 0.275 e. The van der Waals surface area contributed by atoms with Gasteiger partial charge < -0.3 is 4.90 Å². The van der Waals surface area contributed by atoms with E-state index >= 15 is 0 Å². The Morgan fingerprint density at radius 1 is 1.10 bits per heavy atom. The van der Waals surface area contributed by atoms with Gasteiger partial charge in [0.15, 0.2) is 11.5 Å². The molecule has 2 aliphatic rings. The second kappa shape index (κ2) is 7.53. The van der Waals surface area contributed by atoms with Gasteiger partial charge in [-0.25, -0.2) is 4.68 Å². The van der Waals surface area contributed by atoms with Gasteiger partial charge in [0.2, 0.25) is 0 Å². The Labute approximate surface area is 185 Å². The number of benzene rings is 1. The van der Waals surface area contributed by atoms with E-state index < -0.39 is 6.04 Å². The van der Waals surface area contributed by atoms with Crippen LogP contribution in [0.2, 0.25) is 5.15 Å². The molecule has 8 nitrogen and oxygen atoms in total. The van der Waals surface area contributed by atoms with Gasteiger partial charge in [-0.3, -0.25) is 19.2 Å². The van der Waals surface area contributed by atoms with E-state index in [1.54, 1.807) is 26.2 Å². The van der Waals surface area contributed by atoms with E-state index in [1.807, 2.05) is 43.6 Å². The smallest absolute Gasteiger partial charge is 0.275 e. The van der Waals surface area contributed by atoms with E-state index in [2.05, 4.69) is 10.2 Å². The number of carbonyl (C=O) groups is 2. The van der Waals surface area contributed by atoms with Gasteiger partial charge in [0.05, 0.1) is 6.54 Å². The van der Waals surface area contributed by atoms with Crippen molar-refractivity contribution < 1.29 is 9.59 Å². The molecule has 0 saturated heterocycles. The minimum Gasteiger partial charge on any atom is -0.325 e. The van der Waals surface area contributed by atoms with Crippen molar-refractivity contribution in [2.45, 2.75) is 31.8 Å². The monoisotopic (exact) mass is 438 g/mol. The lowest BCUT2D eigenvalue weighted by atomic mass is 10.0. The number of nitrogens with zero attached hydrogens (tertiary/aromatic N) is 6. The van der Waals surface area contributed by atoms with Gasteiger partial charge in [-0.1, -0.05) is 41.9 Å². The number of hydrogen-bond donors (Lipinski definition) is 0. The van der Waals surface area contributed by atoms with Crippen LogP contribution in [-0.4, -0.2) is 55.9 Å². The molecule has 2 aromatic heterocycles. The maximum absolute atomic E-state index is 13.4. The molecular weight excluding hydrogens is 416 g/mol. The van der Waals surface area contributed by atoms with E-state index in [0.29, 0.717) is 49.0 Å². The van der Waals surface area contributed by atoms with Gasteiger partial charge in [-0.2, -0.15) is 10.2 Å². The Kier molecular flexibility index (Phi) is 4.81. The largest absolute Gasteiger partial charge is 0.325 e. The molecule has 0 fully saturated rings. The standard InChI is InChI=1S/C22H23ClN6O2/c1-26-13-15-8-9-17(21(30)27(2)20(15)25-26)28-11-10-16-18(22(28)31)24-29(19(16)23)12-14-6-4-3-5-7-14/h3-7,13,17H,8-12H2,1-2H3. The molecule has 2 aliphatic heterocycles. The van der Waals surface area contributed by atoms with Crippen LogP contribution in [0.1, 0.15) is 33.6 Å². The van der Waals surface area contributed by atoms with Gasteiger partial charge >= 0.3 is 0 Å². The fourth-order valence-corrected chi connectivity index (χ4v) is 4.80. The summed E-state index contributed by atoms with van der Waals surface area (Å²) < 4.78 is 3.39. The molecule has 9 heteroatoms. The number of aromatic nitrogens is 4. The Morgan fingerprint density at radius 2 is 1.87 bits per heavy atom. The molecule has 1 atom stereocenters. The molecule has 5 rings (SSSR count). The summed E-state index contributed by atoms with van der Waals surface area (Å²) in [6, 6.07) is 9.33. The molecule has 0 spiro atoms. The Bertz CT molecular complexity index is 1170. The molecule has 0 radical (unpaired) electrons. The quantitative estimate of drug-likeness (QED) is 0.628. The molecule has 0 N–H and O–H groups in total. The lowest BCUT2D eigenvalue weighted by Crippen LogP contribution is -2.52. The number of halogens is 1. The fourth-order valence-electron chi connectivity index (χ4n) is 4.52. The lowest BCUT2D eigenvalue weighted by Gasteiger charge is -2.33. The first-order chi connectivity index (χ1) is 14.9. The minimum absolute atomic E-state index is 0.121. The first kappa shape index (κ1) is 19.8. The summed E-state index contributed by atoms with van der Waals surface area (Å²) in [5.74, 6) is 0.307. The van der Waals surface area contributed by atoms with Crippen LogP contribution in [0.3, 0.4) is 0 Å². The molecule has 31 heavy (non-hydrogen) atoms. The average Bonchev–Trinajstić information content (AvgIpc) is 3.26. The van der Waals surface area contributed by atoms with E-state index in [0.717, 1.165) is 16.7 Å². The molecule has 3 aromatic rings. The van der Waals surface area contributed by atoms with Crippen LogP contribution in [0.5, 0.6) is 0 Å². The maximum atomic E-state index is 13.4. The van der Waals surface area contributed by atoms with Crippen LogP contribution in [0.25, 0.3) is 0 Å². The second-order valence-electron chi connectivity index (χ2n) is 8.11. The third kappa shape index (κ3) is 3.31. The van der Waals surface area contributed by atoms with E-state index in [1.165, 1.54) is 0 Å². The first-order valence-electron chi connectivity index (χ1n) is 10.3. The highest BCUT2D eigenvalue weighted by atomic mass is 35.5. The minimum atomic E-state index is -0.539. The van der Waals surface area contributed by atoms with Crippen molar-refractivity contribution in [2.75, 3.05) is 18.5 Å². The number of aryl methyl sites for hydroxylation is 2. The van der Waals surface area contributed by atoms with Crippen LogP contribution >= 0.6 is 11.6 Å². The van der Waals surface area contributed by atoms with Crippen molar-refractivity contribution in [1.29, 1.82) is 0 Å². The van der Waals surface area contributed by atoms with Crippen molar-refractivity contribution in [3.8, 4) is 0 Å². The third-order valence-corrected chi connectivity index (χ3v) is 6.53. The molecule has 0 saturated carbocycles. The average molecular weight is 439 g/mol. The molecule has 1 aromatic carbocycles. The molecule has 0 aliphatic carbocycles. The SMILES string of the molecule is CN1C(=O)C(N2CCc3c(nn(Cc4ccccc4)c3Cl)C2=O)CCc2cn(C)nc21.